The van der Waals surface area contributed by atoms with E-state index in [4.69, 9.17) is 14.2 Å². The van der Waals surface area contributed by atoms with Crippen LogP contribution in [0.15, 0.2) is 48.5 Å². The van der Waals surface area contributed by atoms with E-state index in [2.05, 4.69) is 0 Å². The van der Waals surface area contributed by atoms with E-state index in [-0.39, 0.29) is 12.0 Å². The summed E-state index contributed by atoms with van der Waals surface area (Å²) in [5.41, 5.74) is 3.57. The summed E-state index contributed by atoms with van der Waals surface area (Å²) in [5, 5.41) is 0. The molecule has 5 atom stereocenters. The molecule has 0 N–H and O–H groups in total. The molecule has 1 aliphatic heterocycles. The Bertz CT molecular complexity index is 1300. The summed E-state index contributed by atoms with van der Waals surface area (Å²) in [4.78, 5) is 25.7. The highest BCUT2D eigenvalue weighted by Crippen LogP contribution is 2.39. The lowest BCUT2D eigenvalue weighted by Crippen LogP contribution is -2.52. The Balaban J connectivity index is 1.63. The van der Waals surface area contributed by atoms with Gasteiger partial charge >= 0.3 is 11.9 Å². The van der Waals surface area contributed by atoms with Crippen LogP contribution >= 0.6 is 11.3 Å². The van der Waals surface area contributed by atoms with Crippen LogP contribution < -0.4 is 0 Å². The van der Waals surface area contributed by atoms with Crippen LogP contribution in [-0.2, 0) is 30.2 Å². The van der Waals surface area contributed by atoms with Crippen LogP contribution in [0.4, 0.5) is 8.78 Å². The fourth-order valence-electron chi connectivity index (χ4n) is 4.65. The first-order valence-corrected chi connectivity index (χ1v) is 13.0. The van der Waals surface area contributed by atoms with Crippen LogP contribution in [0.25, 0.3) is 10.4 Å². The van der Waals surface area contributed by atoms with Gasteiger partial charge in [-0.25, -0.2) is 8.78 Å². The Hall–Kier alpha value is -3.10. The maximum atomic E-state index is 13.7. The summed E-state index contributed by atoms with van der Waals surface area (Å²) < 4.78 is 44.6. The van der Waals surface area contributed by atoms with Crippen molar-refractivity contribution in [3.63, 3.8) is 0 Å². The number of hydrogen-bond acceptors (Lipinski definition) is 6. The maximum absolute atomic E-state index is 13.7. The standard InChI is InChI=1S/C29H30F2O5S/c1-15-6-7-21(28-29(36-19(5)33)27(35-18(4)32)16(2)17(3)34-28)12-22(15)13-23-9-11-26(37-23)20-8-10-24(30)25(31)14-20/h6-12,14,16-17,27-29H,13H2,1-5H3/t16-,17-,27+,28?,29-/m1/s1. The zero-order chi connectivity index (χ0) is 26.9. The zero-order valence-electron chi connectivity index (χ0n) is 21.4. The van der Waals surface area contributed by atoms with Gasteiger partial charge in [0, 0.05) is 35.9 Å². The van der Waals surface area contributed by atoms with Crippen molar-refractivity contribution in [1.29, 1.82) is 0 Å². The molecule has 1 saturated heterocycles. The number of benzene rings is 2. The molecule has 2 heterocycles. The molecular formula is C29H30F2O5S. The largest absolute Gasteiger partial charge is 0.458 e. The third-order valence-electron chi connectivity index (χ3n) is 6.78. The molecule has 0 saturated carbocycles. The number of ether oxygens (including phenoxy) is 3. The van der Waals surface area contributed by atoms with Gasteiger partial charge in [-0.1, -0.05) is 31.2 Å². The molecule has 1 aliphatic rings. The van der Waals surface area contributed by atoms with Crippen LogP contribution in [-0.4, -0.2) is 30.3 Å². The van der Waals surface area contributed by atoms with Crippen molar-refractivity contribution < 1.29 is 32.6 Å². The maximum Gasteiger partial charge on any atom is 0.303 e. The molecule has 1 aromatic heterocycles. The Kier molecular flexibility index (Phi) is 8.09. The van der Waals surface area contributed by atoms with Gasteiger partial charge in [-0.15, -0.1) is 11.3 Å². The van der Waals surface area contributed by atoms with Gasteiger partial charge in [-0.3, -0.25) is 9.59 Å². The fourth-order valence-corrected chi connectivity index (χ4v) is 5.68. The molecule has 0 aliphatic carbocycles. The minimum atomic E-state index is -0.874. The van der Waals surface area contributed by atoms with Gasteiger partial charge in [-0.05, 0) is 60.4 Å². The highest BCUT2D eigenvalue weighted by atomic mass is 32.1. The highest BCUT2D eigenvalue weighted by Gasteiger charge is 2.47. The molecule has 5 nitrogen and oxygen atoms in total. The van der Waals surface area contributed by atoms with Gasteiger partial charge in [0.2, 0.25) is 0 Å². The lowest BCUT2D eigenvalue weighted by Gasteiger charge is -2.43. The summed E-state index contributed by atoms with van der Waals surface area (Å²) in [6, 6.07) is 13.7. The molecule has 0 spiro atoms. The third-order valence-corrected chi connectivity index (χ3v) is 7.91. The van der Waals surface area contributed by atoms with Gasteiger partial charge in [0.25, 0.3) is 0 Å². The topological polar surface area (TPSA) is 61.8 Å². The Morgan fingerprint density at radius 3 is 2.30 bits per heavy atom. The van der Waals surface area contributed by atoms with E-state index in [9.17, 15) is 18.4 Å². The van der Waals surface area contributed by atoms with E-state index >= 15 is 0 Å². The van der Waals surface area contributed by atoms with Crippen LogP contribution in [0.5, 0.6) is 0 Å². The summed E-state index contributed by atoms with van der Waals surface area (Å²) in [7, 11) is 0. The van der Waals surface area contributed by atoms with Gasteiger partial charge in [0.15, 0.2) is 17.7 Å². The van der Waals surface area contributed by atoms with Crippen molar-refractivity contribution in [2.75, 3.05) is 0 Å². The smallest absolute Gasteiger partial charge is 0.303 e. The fraction of sp³-hybridized carbons (Fsp3) is 0.379. The van der Waals surface area contributed by atoms with E-state index in [1.54, 1.807) is 6.07 Å². The number of thiophene rings is 1. The summed E-state index contributed by atoms with van der Waals surface area (Å²) in [6.45, 7) is 8.51. The first-order valence-electron chi connectivity index (χ1n) is 12.2. The Labute approximate surface area is 219 Å². The molecule has 2 aromatic carbocycles. The lowest BCUT2D eigenvalue weighted by molar-refractivity contribution is -0.222. The molecule has 4 rings (SSSR count). The second kappa shape index (κ2) is 11.1. The highest BCUT2D eigenvalue weighted by molar-refractivity contribution is 7.15. The van der Waals surface area contributed by atoms with Crippen molar-refractivity contribution in [3.8, 4) is 10.4 Å². The number of rotatable bonds is 6. The molecule has 0 amide bonds. The van der Waals surface area contributed by atoms with Gasteiger partial charge < -0.3 is 14.2 Å². The van der Waals surface area contributed by atoms with Crippen molar-refractivity contribution in [1.82, 2.24) is 0 Å². The van der Waals surface area contributed by atoms with Crippen LogP contribution in [0.1, 0.15) is 55.4 Å². The SMILES string of the molecule is CC(=O)O[C@H]1[C@H](C)[C@@H](C)OC(c2ccc(C)c(Cc3ccc(-c4ccc(F)c(F)c4)s3)c2)[C@@H]1OC(C)=O. The normalized spacial score (nSPS) is 23.5. The van der Waals surface area contributed by atoms with E-state index in [0.717, 1.165) is 32.5 Å². The molecule has 0 radical (unpaired) electrons. The number of aryl methyl sites for hydroxylation is 1. The Morgan fingerprint density at radius 2 is 1.62 bits per heavy atom. The van der Waals surface area contributed by atoms with Gasteiger partial charge in [0.05, 0.1) is 6.10 Å². The Morgan fingerprint density at radius 1 is 0.919 bits per heavy atom. The minimum absolute atomic E-state index is 0.171. The molecule has 1 unspecified atom stereocenters. The number of esters is 2. The number of carbonyl (C=O) groups is 2. The van der Waals surface area contributed by atoms with E-state index in [1.165, 1.54) is 31.3 Å². The van der Waals surface area contributed by atoms with E-state index < -0.39 is 41.9 Å². The first-order chi connectivity index (χ1) is 17.5. The average molecular weight is 529 g/mol. The van der Waals surface area contributed by atoms with Crippen molar-refractivity contribution in [3.05, 3.63) is 81.7 Å². The van der Waals surface area contributed by atoms with Crippen LogP contribution in [0.2, 0.25) is 0 Å². The molecule has 3 aromatic rings. The third kappa shape index (κ3) is 6.08. The van der Waals surface area contributed by atoms with Gasteiger partial charge in [0.1, 0.15) is 12.2 Å². The quantitative estimate of drug-likeness (QED) is 0.340. The molecule has 196 valence electrons. The average Bonchev–Trinajstić information content (AvgIpc) is 3.30. The van der Waals surface area contributed by atoms with Crippen LogP contribution in [0.3, 0.4) is 0 Å². The van der Waals surface area contributed by atoms with E-state index in [1.807, 2.05) is 51.1 Å². The first kappa shape index (κ1) is 26.9. The summed E-state index contributed by atoms with van der Waals surface area (Å²) in [5.74, 6) is -2.84. The molecule has 1 fully saturated rings. The second-order valence-electron chi connectivity index (χ2n) is 9.53. The van der Waals surface area contributed by atoms with Crippen molar-refractivity contribution >= 4 is 23.3 Å². The monoisotopic (exact) mass is 528 g/mol. The summed E-state index contributed by atoms with van der Waals surface area (Å²) >= 11 is 1.52. The number of halogens is 2. The van der Waals surface area contributed by atoms with Crippen LogP contribution in [0, 0.1) is 24.5 Å². The number of carbonyl (C=O) groups excluding carboxylic acids is 2. The molecule has 8 heteroatoms. The summed E-state index contributed by atoms with van der Waals surface area (Å²) in [6.07, 6.45) is -1.65. The van der Waals surface area contributed by atoms with E-state index in [0.29, 0.717) is 12.0 Å². The molecule has 0 bridgehead atoms. The lowest BCUT2D eigenvalue weighted by atomic mass is 9.85. The predicted octanol–water partition coefficient (Wildman–Crippen LogP) is 6.55. The van der Waals surface area contributed by atoms with Gasteiger partial charge in [-0.2, -0.15) is 0 Å². The van der Waals surface area contributed by atoms with Crippen molar-refractivity contribution in [2.24, 2.45) is 5.92 Å². The predicted molar refractivity (Wildman–Crippen MR) is 137 cm³/mol. The molecular weight excluding hydrogens is 498 g/mol. The minimum Gasteiger partial charge on any atom is -0.458 e. The number of hydrogen-bond donors (Lipinski definition) is 0. The molecule has 37 heavy (non-hydrogen) atoms. The zero-order valence-corrected chi connectivity index (χ0v) is 22.2. The second-order valence-corrected chi connectivity index (χ2v) is 10.7. The van der Waals surface area contributed by atoms with Crippen molar-refractivity contribution in [2.45, 2.75) is 65.5 Å².